The number of rotatable bonds is 5. The molecule has 0 saturated heterocycles. The van der Waals surface area contributed by atoms with Crippen LogP contribution in [0.3, 0.4) is 0 Å². The molecule has 1 amide bonds. The number of amides is 1. The molecule has 24 heavy (non-hydrogen) atoms. The number of hydrogen-bond donors (Lipinski definition) is 2. The number of carbonyl (C=O) groups excluding carboxylic acids is 2. The lowest BCUT2D eigenvalue weighted by Crippen LogP contribution is -2.24. The van der Waals surface area contributed by atoms with Gasteiger partial charge in [0.25, 0.3) is 5.91 Å². The van der Waals surface area contributed by atoms with E-state index in [2.05, 4.69) is 5.32 Å². The molecular formula is C17H15NO5S. The highest BCUT2D eigenvalue weighted by Crippen LogP contribution is 2.38. The van der Waals surface area contributed by atoms with E-state index in [1.807, 2.05) is 0 Å². The maximum Gasteiger partial charge on any atom is 0.287 e. The van der Waals surface area contributed by atoms with Crippen LogP contribution in [0.15, 0.2) is 47.0 Å². The average molecular weight is 345 g/mol. The fraction of sp³-hybridized carbons (Fsp3) is 0.176. The smallest absolute Gasteiger partial charge is 0.287 e. The van der Waals surface area contributed by atoms with Crippen LogP contribution in [0.25, 0.3) is 0 Å². The molecule has 0 saturated carbocycles. The van der Waals surface area contributed by atoms with Gasteiger partial charge in [-0.25, -0.2) is 0 Å². The Bertz CT molecular complexity index is 826. The summed E-state index contributed by atoms with van der Waals surface area (Å²) in [7, 11) is 3.02. The molecule has 124 valence electrons. The molecule has 0 radical (unpaired) electrons. The molecular weight excluding hydrogens is 330 g/mol. The van der Waals surface area contributed by atoms with Crippen LogP contribution in [0.4, 0.5) is 0 Å². The van der Waals surface area contributed by atoms with Gasteiger partial charge in [-0.3, -0.25) is 9.59 Å². The van der Waals surface area contributed by atoms with E-state index in [1.165, 1.54) is 25.6 Å². The van der Waals surface area contributed by atoms with Crippen molar-refractivity contribution in [1.29, 1.82) is 0 Å². The molecule has 0 unspecified atom stereocenters. The molecule has 2 aromatic rings. The van der Waals surface area contributed by atoms with Gasteiger partial charge < -0.3 is 19.9 Å². The van der Waals surface area contributed by atoms with E-state index >= 15 is 0 Å². The third-order valence-corrected chi connectivity index (χ3v) is 4.64. The molecule has 0 bridgehead atoms. The fourth-order valence-electron chi connectivity index (χ4n) is 2.60. The van der Waals surface area contributed by atoms with E-state index < -0.39 is 17.7 Å². The van der Waals surface area contributed by atoms with Gasteiger partial charge in [-0.15, -0.1) is 11.3 Å². The standard InChI is InChI=1S/C17H15NO5S/c1-22-9-5-6-10(11(8-9)23-2)14-13(16(20)17(21)18-14)15(19)12-4-3-7-24-12/h3-8,14,20H,1-2H3,(H,18,21)/t14-/m1/s1. The lowest BCUT2D eigenvalue weighted by Gasteiger charge is -2.18. The summed E-state index contributed by atoms with van der Waals surface area (Å²) < 4.78 is 10.5. The SMILES string of the molecule is COc1ccc([C@H]2NC(=O)C(O)=C2C(=O)c2cccs2)c(OC)c1. The minimum absolute atomic E-state index is 0.0194. The van der Waals surface area contributed by atoms with E-state index in [4.69, 9.17) is 9.47 Å². The van der Waals surface area contributed by atoms with Gasteiger partial charge >= 0.3 is 0 Å². The number of carbonyl (C=O) groups is 2. The third-order valence-electron chi connectivity index (χ3n) is 3.78. The van der Waals surface area contributed by atoms with Crippen molar-refractivity contribution in [2.24, 2.45) is 0 Å². The second kappa shape index (κ2) is 6.37. The molecule has 1 aromatic carbocycles. The fourth-order valence-corrected chi connectivity index (χ4v) is 3.28. The lowest BCUT2D eigenvalue weighted by atomic mass is 9.95. The van der Waals surface area contributed by atoms with Gasteiger partial charge in [0, 0.05) is 11.6 Å². The van der Waals surface area contributed by atoms with Crippen LogP contribution >= 0.6 is 11.3 Å². The van der Waals surface area contributed by atoms with E-state index in [9.17, 15) is 14.7 Å². The number of thiophene rings is 1. The van der Waals surface area contributed by atoms with Crippen LogP contribution in [0.5, 0.6) is 11.5 Å². The zero-order valence-corrected chi connectivity index (χ0v) is 13.8. The molecule has 2 N–H and O–H groups in total. The van der Waals surface area contributed by atoms with Crippen LogP contribution in [0.2, 0.25) is 0 Å². The van der Waals surface area contributed by atoms with Gasteiger partial charge in [-0.1, -0.05) is 6.07 Å². The number of Topliss-reactive ketones (excluding diaryl/α,β-unsaturated/α-hetero) is 1. The highest BCUT2D eigenvalue weighted by Gasteiger charge is 2.39. The number of nitrogens with one attached hydrogen (secondary N) is 1. The second-order valence-corrected chi connectivity index (χ2v) is 6.03. The van der Waals surface area contributed by atoms with Gasteiger partial charge in [0.1, 0.15) is 11.5 Å². The van der Waals surface area contributed by atoms with Crippen LogP contribution < -0.4 is 14.8 Å². The molecule has 1 aromatic heterocycles. The van der Waals surface area contributed by atoms with Crippen molar-refractivity contribution in [3.8, 4) is 11.5 Å². The molecule has 0 fully saturated rings. The highest BCUT2D eigenvalue weighted by molar-refractivity contribution is 7.12. The summed E-state index contributed by atoms with van der Waals surface area (Å²) in [5.41, 5.74) is 0.585. The minimum Gasteiger partial charge on any atom is -0.503 e. The zero-order chi connectivity index (χ0) is 17.3. The number of ether oxygens (including phenoxy) is 2. The molecule has 2 heterocycles. The lowest BCUT2D eigenvalue weighted by molar-refractivity contribution is -0.119. The highest BCUT2D eigenvalue weighted by atomic mass is 32.1. The summed E-state index contributed by atoms with van der Waals surface area (Å²) in [4.78, 5) is 25.1. The van der Waals surface area contributed by atoms with Gasteiger partial charge in [0.2, 0.25) is 5.78 Å². The summed E-state index contributed by atoms with van der Waals surface area (Å²) in [6.07, 6.45) is 0. The molecule has 1 aliphatic rings. The van der Waals surface area contributed by atoms with Crippen molar-refractivity contribution in [2.45, 2.75) is 6.04 Å². The third kappa shape index (κ3) is 2.63. The molecule has 0 spiro atoms. The first-order chi connectivity index (χ1) is 11.6. The van der Waals surface area contributed by atoms with Crippen molar-refractivity contribution in [3.63, 3.8) is 0 Å². The first-order valence-corrected chi connectivity index (χ1v) is 7.99. The summed E-state index contributed by atoms with van der Waals surface area (Å²) >= 11 is 1.25. The van der Waals surface area contributed by atoms with Crippen molar-refractivity contribution < 1.29 is 24.2 Å². The van der Waals surface area contributed by atoms with E-state index in [-0.39, 0.29) is 11.4 Å². The Balaban J connectivity index is 2.07. The second-order valence-electron chi connectivity index (χ2n) is 5.08. The van der Waals surface area contributed by atoms with Gasteiger partial charge in [-0.2, -0.15) is 0 Å². The van der Waals surface area contributed by atoms with Gasteiger partial charge in [-0.05, 0) is 23.6 Å². The summed E-state index contributed by atoms with van der Waals surface area (Å²) in [6.45, 7) is 0. The Hall–Kier alpha value is -2.80. The molecule has 3 rings (SSSR count). The van der Waals surface area contributed by atoms with Gasteiger partial charge in [0.15, 0.2) is 5.76 Å². The van der Waals surface area contributed by atoms with E-state index in [0.29, 0.717) is 21.9 Å². The topological polar surface area (TPSA) is 84.9 Å². The summed E-state index contributed by atoms with van der Waals surface area (Å²) in [5, 5.41) is 14.5. The van der Waals surface area contributed by atoms with Crippen LogP contribution in [0, 0.1) is 0 Å². The normalized spacial score (nSPS) is 16.9. The number of aliphatic hydroxyl groups is 1. The number of aliphatic hydroxyl groups excluding tert-OH is 1. The number of benzene rings is 1. The molecule has 0 aliphatic carbocycles. The maximum absolute atomic E-state index is 12.7. The Labute approximate surface area is 142 Å². The first kappa shape index (κ1) is 16.1. The summed E-state index contributed by atoms with van der Waals surface area (Å²) in [6, 6.07) is 7.66. The van der Waals surface area contributed by atoms with Crippen molar-refractivity contribution in [2.75, 3.05) is 14.2 Å². The van der Waals surface area contributed by atoms with Crippen LogP contribution in [-0.2, 0) is 4.79 Å². The largest absolute Gasteiger partial charge is 0.503 e. The van der Waals surface area contributed by atoms with E-state index in [0.717, 1.165) is 0 Å². The van der Waals surface area contributed by atoms with Crippen molar-refractivity contribution in [3.05, 3.63) is 57.5 Å². The monoisotopic (exact) mass is 345 g/mol. The number of hydrogen-bond acceptors (Lipinski definition) is 6. The van der Waals surface area contributed by atoms with Crippen molar-refractivity contribution >= 4 is 23.0 Å². The molecule has 1 aliphatic heterocycles. The van der Waals surface area contributed by atoms with Crippen LogP contribution in [0.1, 0.15) is 21.3 Å². The molecule has 7 heteroatoms. The Kier molecular flexibility index (Phi) is 4.26. The molecule has 1 atom stereocenters. The molecule has 6 nitrogen and oxygen atoms in total. The summed E-state index contributed by atoms with van der Waals surface area (Å²) in [5.74, 6) is -0.595. The zero-order valence-electron chi connectivity index (χ0n) is 13.0. The van der Waals surface area contributed by atoms with Gasteiger partial charge in [0.05, 0.1) is 30.7 Å². The first-order valence-electron chi connectivity index (χ1n) is 7.11. The Morgan fingerprint density at radius 1 is 1.25 bits per heavy atom. The predicted molar refractivity (Wildman–Crippen MR) is 88.7 cm³/mol. The average Bonchev–Trinajstić information content (AvgIpc) is 3.23. The van der Waals surface area contributed by atoms with Crippen LogP contribution in [-0.4, -0.2) is 31.0 Å². The quantitative estimate of drug-likeness (QED) is 0.814. The number of ketones is 1. The Morgan fingerprint density at radius 3 is 2.67 bits per heavy atom. The minimum atomic E-state index is -0.784. The predicted octanol–water partition coefficient (Wildman–Crippen LogP) is 2.63. The maximum atomic E-state index is 12.7. The van der Waals surface area contributed by atoms with Crippen molar-refractivity contribution in [1.82, 2.24) is 5.32 Å². The Morgan fingerprint density at radius 2 is 2.04 bits per heavy atom. The van der Waals surface area contributed by atoms with E-state index in [1.54, 1.807) is 35.7 Å². The number of methoxy groups -OCH3 is 2.